The molecule has 1 aromatic heterocycles. The fraction of sp³-hybridized carbons (Fsp3) is 0.125. The molecular weight excluding hydrogens is 359 g/mol. The second-order valence-corrected chi connectivity index (χ2v) is 6.59. The van der Waals surface area contributed by atoms with Crippen molar-refractivity contribution < 1.29 is 13.9 Å². The number of nitrogens with two attached hydrogens (primary N) is 3. The lowest BCUT2D eigenvalue weighted by Gasteiger charge is -2.28. The number of nitrogens with one attached hydrogen (secondary N) is 2. The minimum absolute atomic E-state index is 0.0237. The Balaban J connectivity index is 1.98. The van der Waals surface area contributed by atoms with Gasteiger partial charge in [-0.1, -0.05) is 6.07 Å². The highest BCUT2D eigenvalue weighted by atomic mass is 32.1. The number of amides is 1. The Hall–Kier alpha value is -3.11. The van der Waals surface area contributed by atoms with Crippen LogP contribution in [0.25, 0.3) is 0 Å². The van der Waals surface area contributed by atoms with Gasteiger partial charge in [0.15, 0.2) is 17.4 Å². The quantitative estimate of drug-likeness (QED) is 0.547. The van der Waals surface area contributed by atoms with Gasteiger partial charge in [0, 0.05) is 11.8 Å². The highest BCUT2D eigenvalue weighted by Crippen LogP contribution is 2.36. The summed E-state index contributed by atoms with van der Waals surface area (Å²) in [7, 11) is 1.45. The summed E-state index contributed by atoms with van der Waals surface area (Å²) in [6, 6.07) is 7.84. The Morgan fingerprint density at radius 1 is 1.35 bits per heavy atom. The van der Waals surface area contributed by atoms with E-state index in [1.54, 1.807) is 24.3 Å². The number of carbonyl (C=O) groups is 1. The van der Waals surface area contributed by atoms with Crippen LogP contribution in [-0.2, 0) is 5.66 Å². The normalized spacial score (nSPS) is 19.2. The van der Waals surface area contributed by atoms with Crippen molar-refractivity contribution in [2.24, 2.45) is 16.5 Å². The molecule has 0 radical (unpaired) electrons. The number of methoxy groups -OCH3 is 1. The topological polar surface area (TPSA) is 141 Å². The number of carbonyl (C=O) groups excluding carboxylic acids is 1. The molecule has 0 spiro atoms. The number of aliphatic imine (C=N–C) groups is 1. The molecule has 1 atom stereocenters. The summed E-state index contributed by atoms with van der Waals surface area (Å²) in [4.78, 5) is 16.8. The maximum absolute atomic E-state index is 14.3. The third kappa shape index (κ3) is 3.19. The molecule has 0 saturated heterocycles. The fourth-order valence-electron chi connectivity index (χ4n) is 2.43. The molecule has 2 heterocycles. The molecule has 136 valence electrons. The Kier molecular flexibility index (Phi) is 4.53. The molecule has 3 rings (SSSR count). The van der Waals surface area contributed by atoms with E-state index in [0.29, 0.717) is 21.3 Å². The van der Waals surface area contributed by atoms with Gasteiger partial charge in [-0.2, -0.15) is 0 Å². The molecule has 1 amide bonds. The summed E-state index contributed by atoms with van der Waals surface area (Å²) in [5.41, 5.74) is 16.2. The van der Waals surface area contributed by atoms with Gasteiger partial charge in [0.1, 0.15) is 5.75 Å². The van der Waals surface area contributed by atoms with Crippen LogP contribution in [-0.4, -0.2) is 19.0 Å². The van der Waals surface area contributed by atoms with Gasteiger partial charge in [0.2, 0.25) is 0 Å². The number of benzene rings is 1. The highest BCUT2D eigenvalue weighted by molar-refractivity contribution is 7.17. The van der Waals surface area contributed by atoms with Crippen LogP contribution >= 0.6 is 11.3 Å². The number of rotatable bonds is 4. The summed E-state index contributed by atoms with van der Waals surface area (Å²) in [6.07, 6.45) is 1.04. The van der Waals surface area contributed by atoms with E-state index in [1.165, 1.54) is 13.2 Å². The van der Waals surface area contributed by atoms with E-state index in [0.717, 1.165) is 17.5 Å². The van der Waals surface area contributed by atoms with Gasteiger partial charge in [0.25, 0.3) is 5.91 Å². The first kappa shape index (κ1) is 17.7. The van der Waals surface area contributed by atoms with E-state index in [1.807, 2.05) is 0 Å². The molecule has 26 heavy (non-hydrogen) atoms. The molecule has 8 nitrogen and oxygen atoms in total. The van der Waals surface area contributed by atoms with Crippen molar-refractivity contribution in [3.05, 3.63) is 52.8 Å². The number of ether oxygens (including phenoxy) is 1. The molecule has 0 aliphatic carbocycles. The van der Waals surface area contributed by atoms with Crippen molar-refractivity contribution in [1.29, 1.82) is 0 Å². The third-order valence-corrected chi connectivity index (χ3v) is 4.66. The van der Waals surface area contributed by atoms with Crippen LogP contribution in [0.3, 0.4) is 0 Å². The molecule has 1 unspecified atom stereocenters. The lowest BCUT2D eigenvalue weighted by molar-refractivity contribution is 0.103. The number of halogens is 1. The molecule has 1 aromatic carbocycles. The maximum atomic E-state index is 14.3. The molecule has 0 fully saturated rings. The van der Waals surface area contributed by atoms with Gasteiger partial charge in [-0.3, -0.25) is 10.5 Å². The van der Waals surface area contributed by atoms with Gasteiger partial charge in [-0.05, 0) is 24.3 Å². The number of hydrogen-bond donors (Lipinski definition) is 5. The number of nitrogen functional groups attached to an aromatic ring is 1. The van der Waals surface area contributed by atoms with Crippen LogP contribution in [0.1, 0.15) is 15.2 Å². The lowest BCUT2D eigenvalue weighted by Crippen LogP contribution is -2.44. The van der Waals surface area contributed by atoms with Gasteiger partial charge in [-0.15, -0.1) is 11.3 Å². The van der Waals surface area contributed by atoms with Gasteiger partial charge in [0.05, 0.1) is 22.7 Å². The van der Waals surface area contributed by atoms with Crippen LogP contribution in [0.4, 0.5) is 15.1 Å². The Bertz CT molecular complexity index is 925. The SMILES string of the molecule is COc1ccc(C2(N)N=C(N)NC=C2F)cc1NC(=O)c1ccc(N)s1. The average Bonchev–Trinajstić information content (AvgIpc) is 3.05. The zero-order valence-electron chi connectivity index (χ0n) is 13.7. The second kappa shape index (κ2) is 6.65. The predicted molar refractivity (Wildman–Crippen MR) is 99.5 cm³/mol. The number of nitrogens with zero attached hydrogens (tertiary/aromatic N) is 1. The molecule has 2 aromatic rings. The number of hydrogen-bond acceptors (Lipinski definition) is 8. The molecular formula is C16H17FN6O2S. The maximum Gasteiger partial charge on any atom is 0.265 e. The van der Waals surface area contributed by atoms with E-state index in [9.17, 15) is 9.18 Å². The Morgan fingerprint density at radius 3 is 2.77 bits per heavy atom. The van der Waals surface area contributed by atoms with Crippen LogP contribution < -0.4 is 32.6 Å². The van der Waals surface area contributed by atoms with E-state index in [2.05, 4.69) is 15.6 Å². The second-order valence-electron chi connectivity index (χ2n) is 5.47. The molecule has 1 aliphatic heterocycles. The van der Waals surface area contributed by atoms with Crippen molar-refractivity contribution in [1.82, 2.24) is 5.32 Å². The van der Waals surface area contributed by atoms with E-state index < -0.39 is 11.5 Å². The van der Waals surface area contributed by atoms with Crippen molar-refractivity contribution in [2.75, 3.05) is 18.2 Å². The fourth-order valence-corrected chi connectivity index (χ4v) is 3.10. The first-order valence-corrected chi connectivity index (χ1v) is 8.27. The van der Waals surface area contributed by atoms with Crippen LogP contribution in [0.15, 0.2) is 47.4 Å². The Labute approximate surface area is 152 Å². The van der Waals surface area contributed by atoms with Crippen molar-refractivity contribution in [3.63, 3.8) is 0 Å². The standard InChI is InChI=1S/C16H17FN6O2S/c1-25-10-3-2-8(16(20)12(17)7-21-15(19)23-16)6-9(10)22-14(24)11-4-5-13(18)26-11/h2-7H,18,20H2,1H3,(H,22,24)(H3,19,21,23). The number of anilines is 2. The summed E-state index contributed by atoms with van der Waals surface area (Å²) < 4.78 is 19.6. The number of guanidine groups is 1. The summed E-state index contributed by atoms with van der Waals surface area (Å²) in [6.45, 7) is 0. The lowest BCUT2D eigenvalue weighted by atomic mass is 9.98. The average molecular weight is 376 g/mol. The van der Waals surface area contributed by atoms with Crippen molar-refractivity contribution in [2.45, 2.75) is 5.66 Å². The summed E-state index contributed by atoms with van der Waals surface area (Å²) in [5, 5.41) is 5.68. The highest BCUT2D eigenvalue weighted by Gasteiger charge is 2.36. The van der Waals surface area contributed by atoms with E-state index in [4.69, 9.17) is 21.9 Å². The first-order valence-electron chi connectivity index (χ1n) is 7.45. The zero-order valence-corrected chi connectivity index (χ0v) is 14.6. The molecule has 0 saturated carbocycles. The van der Waals surface area contributed by atoms with Gasteiger partial charge in [-0.25, -0.2) is 9.38 Å². The van der Waals surface area contributed by atoms with Crippen molar-refractivity contribution >= 4 is 33.9 Å². The number of thiophene rings is 1. The monoisotopic (exact) mass is 376 g/mol. The molecule has 0 bridgehead atoms. The first-order chi connectivity index (χ1) is 12.3. The smallest absolute Gasteiger partial charge is 0.265 e. The van der Waals surface area contributed by atoms with Gasteiger partial charge >= 0.3 is 0 Å². The predicted octanol–water partition coefficient (Wildman–Crippen LogP) is 1.43. The summed E-state index contributed by atoms with van der Waals surface area (Å²) >= 11 is 1.15. The van der Waals surface area contributed by atoms with Crippen LogP contribution in [0.2, 0.25) is 0 Å². The molecule has 8 N–H and O–H groups in total. The van der Waals surface area contributed by atoms with Crippen LogP contribution in [0.5, 0.6) is 5.75 Å². The third-order valence-electron chi connectivity index (χ3n) is 3.75. The Morgan fingerprint density at radius 2 is 2.12 bits per heavy atom. The van der Waals surface area contributed by atoms with Gasteiger partial charge < -0.3 is 26.8 Å². The minimum atomic E-state index is -1.80. The molecule has 1 aliphatic rings. The van der Waals surface area contributed by atoms with Crippen molar-refractivity contribution in [3.8, 4) is 5.75 Å². The molecule has 10 heteroatoms. The van der Waals surface area contributed by atoms with Crippen LogP contribution in [0, 0.1) is 0 Å². The van der Waals surface area contributed by atoms with E-state index in [-0.39, 0.29) is 17.4 Å². The largest absolute Gasteiger partial charge is 0.495 e. The minimum Gasteiger partial charge on any atom is -0.495 e. The zero-order chi connectivity index (χ0) is 18.9. The van der Waals surface area contributed by atoms with E-state index >= 15 is 0 Å². The summed E-state index contributed by atoms with van der Waals surface area (Å²) in [5.74, 6) is -0.743.